The Morgan fingerprint density at radius 1 is 1.15 bits per heavy atom. The van der Waals surface area contributed by atoms with Crippen molar-refractivity contribution in [2.75, 3.05) is 43.0 Å². The Morgan fingerprint density at radius 3 is 2.71 bits per heavy atom. The van der Waals surface area contributed by atoms with E-state index >= 15 is 0 Å². The quantitative estimate of drug-likeness (QED) is 0.405. The highest BCUT2D eigenvalue weighted by molar-refractivity contribution is 7.92. The highest BCUT2D eigenvalue weighted by atomic mass is 35.5. The number of nitrogens with one attached hydrogen (secondary N) is 2. The number of fused-ring (bicyclic) bond motifs is 1. The topological polar surface area (TPSA) is 96.6 Å². The molecule has 1 saturated heterocycles. The van der Waals surface area contributed by atoms with Crippen LogP contribution in [0.15, 0.2) is 65.8 Å². The third-order valence-corrected chi connectivity index (χ3v) is 7.46. The maximum absolute atomic E-state index is 13.1. The minimum Gasteiger partial charge on any atom is -0.496 e. The van der Waals surface area contributed by atoms with Crippen molar-refractivity contribution in [2.24, 2.45) is 0 Å². The van der Waals surface area contributed by atoms with Crippen molar-refractivity contribution in [1.82, 2.24) is 9.97 Å². The van der Waals surface area contributed by atoms with Crippen LogP contribution in [-0.4, -0.2) is 51.8 Å². The van der Waals surface area contributed by atoms with Gasteiger partial charge in [-0.25, -0.2) is 13.4 Å². The van der Waals surface area contributed by atoms with Crippen molar-refractivity contribution in [1.29, 1.82) is 0 Å². The van der Waals surface area contributed by atoms with Crippen LogP contribution in [0.4, 0.5) is 11.4 Å². The molecule has 0 bridgehead atoms. The Bertz CT molecular complexity index is 1450. The van der Waals surface area contributed by atoms with Crippen LogP contribution in [0.2, 0.25) is 5.02 Å². The molecular formula is C24H23ClN4O4S. The molecule has 0 unspecified atom stereocenters. The molecule has 2 N–H and O–H groups in total. The summed E-state index contributed by atoms with van der Waals surface area (Å²) in [5.74, 6) is 0.543. The molecule has 2 aromatic heterocycles. The number of benzene rings is 2. The van der Waals surface area contributed by atoms with E-state index in [-0.39, 0.29) is 4.90 Å². The van der Waals surface area contributed by atoms with Crippen LogP contribution in [0.25, 0.3) is 22.2 Å². The average Bonchev–Trinajstić information content (AvgIpc) is 3.29. The summed E-state index contributed by atoms with van der Waals surface area (Å²) in [6.07, 6.45) is 3.65. The van der Waals surface area contributed by atoms with Crippen LogP contribution in [0, 0.1) is 0 Å². The monoisotopic (exact) mass is 498 g/mol. The van der Waals surface area contributed by atoms with E-state index in [2.05, 4.69) is 19.6 Å². The van der Waals surface area contributed by atoms with E-state index in [4.69, 9.17) is 21.1 Å². The first kappa shape index (κ1) is 22.5. The second-order valence-corrected chi connectivity index (χ2v) is 9.93. The number of nitrogens with zero attached hydrogens (tertiary/aromatic N) is 2. The SMILES string of the molecule is COc1ccc(S(=O)(=O)Nc2ccccc2Cl)cc1-c1cnc2[nH]cc(N3CCOCC3)c2c1. The summed E-state index contributed by atoms with van der Waals surface area (Å²) >= 11 is 6.15. The van der Waals surface area contributed by atoms with Crippen LogP contribution in [0.1, 0.15) is 0 Å². The van der Waals surface area contributed by atoms with Gasteiger partial charge in [-0.15, -0.1) is 0 Å². The van der Waals surface area contributed by atoms with Crippen molar-refractivity contribution in [3.05, 3.63) is 65.9 Å². The molecule has 8 nitrogen and oxygen atoms in total. The van der Waals surface area contributed by atoms with Crippen LogP contribution < -0.4 is 14.4 Å². The van der Waals surface area contributed by atoms with Gasteiger partial charge in [-0.1, -0.05) is 23.7 Å². The third kappa shape index (κ3) is 4.29. The number of pyridine rings is 1. The molecule has 1 aliphatic rings. The van der Waals surface area contributed by atoms with Crippen molar-refractivity contribution in [3.8, 4) is 16.9 Å². The third-order valence-electron chi connectivity index (χ3n) is 5.77. The predicted octanol–water partition coefficient (Wildman–Crippen LogP) is 4.53. The number of halogens is 1. The van der Waals surface area contributed by atoms with Crippen molar-refractivity contribution in [3.63, 3.8) is 0 Å². The van der Waals surface area contributed by atoms with E-state index in [1.165, 1.54) is 6.07 Å². The molecule has 0 aliphatic carbocycles. The highest BCUT2D eigenvalue weighted by Gasteiger charge is 2.20. The Morgan fingerprint density at radius 2 is 1.94 bits per heavy atom. The number of ether oxygens (including phenoxy) is 2. The number of sulfonamides is 1. The van der Waals surface area contributed by atoms with Crippen molar-refractivity contribution in [2.45, 2.75) is 4.90 Å². The molecule has 4 aromatic rings. The number of hydrogen-bond acceptors (Lipinski definition) is 6. The Balaban J connectivity index is 1.56. The summed E-state index contributed by atoms with van der Waals surface area (Å²) < 4.78 is 39.8. The maximum Gasteiger partial charge on any atom is 0.261 e. The van der Waals surface area contributed by atoms with E-state index in [1.54, 1.807) is 49.7 Å². The number of para-hydroxylation sites is 1. The van der Waals surface area contributed by atoms with Gasteiger partial charge in [0.2, 0.25) is 0 Å². The molecule has 0 saturated carbocycles. The van der Waals surface area contributed by atoms with Crippen LogP contribution in [0.3, 0.4) is 0 Å². The second kappa shape index (κ2) is 9.17. The van der Waals surface area contributed by atoms with Gasteiger partial charge in [0.15, 0.2) is 0 Å². The molecule has 176 valence electrons. The number of rotatable bonds is 6. The molecule has 2 aromatic carbocycles. The number of aromatic amines is 1. The summed E-state index contributed by atoms with van der Waals surface area (Å²) in [5.41, 5.74) is 3.47. The zero-order valence-electron chi connectivity index (χ0n) is 18.4. The molecule has 1 aliphatic heterocycles. The molecule has 1 fully saturated rings. The van der Waals surface area contributed by atoms with Crippen LogP contribution in [0.5, 0.6) is 5.75 Å². The average molecular weight is 499 g/mol. The zero-order chi connectivity index (χ0) is 23.7. The first-order chi connectivity index (χ1) is 16.5. The predicted molar refractivity (Wildman–Crippen MR) is 133 cm³/mol. The van der Waals surface area contributed by atoms with Gasteiger partial charge >= 0.3 is 0 Å². The fourth-order valence-electron chi connectivity index (χ4n) is 4.03. The standard InChI is InChI=1S/C24H23ClN4O4S/c1-32-23-7-6-17(34(30,31)28-21-5-3-2-4-20(21)25)13-18(23)16-12-19-22(15-27-24(19)26-14-16)29-8-10-33-11-9-29/h2-7,12-15,28H,8-11H2,1H3,(H,26,27). The summed E-state index contributed by atoms with van der Waals surface area (Å²) in [7, 11) is -2.33. The lowest BCUT2D eigenvalue weighted by Crippen LogP contribution is -2.36. The number of morpholine rings is 1. The summed E-state index contributed by atoms with van der Waals surface area (Å²) in [5, 5.41) is 1.27. The van der Waals surface area contributed by atoms with E-state index in [1.807, 2.05) is 12.3 Å². The molecule has 0 spiro atoms. The van der Waals surface area contributed by atoms with E-state index in [0.29, 0.717) is 35.2 Å². The second-order valence-electron chi connectivity index (χ2n) is 7.84. The summed E-state index contributed by atoms with van der Waals surface area (Å²) in [6.45, 7) is 2.93. The van der Waals surface area contributed by atoms with Gasteiger partial charge in [0, 0.05) is 42.0 Å². The molecular weight excluding hydrogens is 476 g/mol. The minimum absolute atomic E-state index is 0.0887. The number of H-pyrrole nitrogens is 1. The normalized spacial score (nSPS) is 14.4. The first-order valence-corrected chi connectivity index (χ1v) is 12.6. The maximum atomic E-state index is 13.1. The largest absolute Gasteiger partial charge is 0.496 e. The van der Waals surface area contributed by atoms with Gasteiger partial charge in [-0.2, -0.15) is 0 Å². The van der Waals surface area contributed by atoms with Crippen molar-refractivity contribution >= 4 is 44.0 Å². The Kier molecular flexibility index (Phi) is 6.07. The van der Waals surface area contributed by atoms with Gasteiger partial charge in [0.05, 0.1) is 41.6 Å². The molecule has 0 radical (unpaired) electrons. The number of hydrogen-bond donors (Lipinski definition) is 2. The van der Waals surface area contributed by atoms with Gasteiger partial charge in [-0.3, -0.25) is 4.72 Å². The van der Waals surface area contributed by atoms with Gasteiger partial charge in [0.25, 0.3) is 10.0 Å². The van der Waals surface area contributed by atoms with Crippen LogP contribution >= 0.6 is 11.6 Å². The smallest absolute Gasteiger partial charge is 0.261 e. The van der Waals surface area contributed by atoms with Crippen molar-refractivity contribution < 1.29 is 17.9 Å². The van der Waals surface area contributed by atoms with E-state index in [9.17, 15) is 8.42 Å². The van der Waals surface area contributed by atoms with Gasteiger partial charge in [0.1, 0.15) is 11.4 Å². The first-order valence-electron chi connectivity index (χ1n) is 10.7. The minimum atomic E-state index is -3.89. The lowest BCUT2D eigenvalue weighted by atomic mass is 10.1. The fourth-order valence-corrected chi connectivity index (χ4v) is 5.37. The van der Waals surface area contributed by atoms with E-state index < -0.39 is 10.0 Å². The molecule has 0 amide bonds. The number of aromatic nitrogens is 2. The molecule has 5 rings (SSSR count). The van der Waals surface area contributed by atoms with Crippen LogP contribution in [-0.2, 0) is 14.8 Å². The summed E-state index contributed by atoms with van der Waals surface area (Å²) in [4.78, 5) is 10.1. The Labute approximate surface area is 202 Å². The lowest BCUT2D eigenvalue weighted by Gasteiger charge is -2.28. The Hall–Kier alpha value is -3.27. The van der Waals surface area contributed by atoms with E-state index in [0.717, 1.165) is 35.4 Å². The molecule has 10 heteroatoms. The molecule has 34 heavy (non-hydrogen) atoms. The zero-order valence-corrected chi connectivity index (χ0v) is 20.0. The molecule has 0 atom stereocenters. The summed E-state index contributed by atoms with van der Waals surface area (Å²) in [6, 6.07) is 13.4. The van der Waals surface area contributed by atoms with Gasteiger partial charge < -0.3 is 19.4 Å². The van der Waals surface area contributed by atoms with Gasteiger partial charge in [-0.05, 0) is 36.4 Å². The highest BCUT2D eigenvalue weighted by Crippen LogP contribution is 2.36. The molecule has 3 heterocycles. The fraction of sp³-hybridized carbons (Fsp3) is 0.208. The number of methoxy groups -OCH3 is 1. The number of anilines is 2. The lowest BCUT2D eigenvalue weighted by molar-refractivity contribution is 0.123.